The summed E-state index contributed by atoms with van der Waals surface area (Å²) >= 11 is 0. The number of rotatable bonds is 6. The maximum Gasteiger partial charge on any atom is 0.322 e. The number of carboxylic acids is 1. The van der Waals surface area contributed by atoms with Crippen molar-refractivity contribution in [1.82, 2.24) is 4.31 Å². The highest BCUT2D eigenvalue weighted by Crippen LogP contribution is 2.23. The SMILES string of the molecule is COC(=O)CS(=O)(=O)N1CCC(CCC(=O)O)C1. The summed E-state index contributed by atoms with van der Waals surface area (Å²) in [5.41, 5.74) is 0. The Kier molecular flexibility index (Phi) is 5.09. The van der Waals surface area contributed by atoms with Crippen LogP contribution in [0.1, 0.15) is 19.3 Å². The van der Waals surface area contributed by atoms with E-state index < -0.39 is 27.7 Å². The summed E-state index contributed by atoms with van der Waals surface area (Å²) in [5.74, 6) is -2.28. The van der Waals surface area contributed by atoms with Crippen LogP contribution in [0.3, 0.4) is 0 Å². The van der Waals surface area contributed by atoms with Crippen molar-refractivity contribution in [1.29, 1.82) is 0 Å². The van der Waals surface area contributed by atoms with Gasteiger partial charge < -0.3 is 9.84 Å². The lowest BCUT2D eigenvalue weighted by molar-refractivity contribution is -0.138. The van der Waals surface area contributed by atoms with Gasteiger partial charge in [-0.3, -0.25) is 9.59 Å². The number of hydrogen-bond acceptors (Lipinski definition) is 5. The van der Waals surface area contributed by atoms with Crippen molar-refractivity contribution in [2.24, 2.45) is 5.92 Å². The van der Waals surface area contributed by atoms with Gasteiger partial charge in [0.05, 0.1) is 7.11 Å². The van der Waals surface area contributed by atoms with Crippen LogP contribution in [0, 0.1) is 5.92 Å². The monoisotopic (exact) mass is 279 g/mol. The molecule has 7 nitrogen and oxygen atoms in total. The van der Waals surface area contributed by atoms with Crippen LogP contribution in [0.2, 0.25) is 0 Å². The molecular formula is C10H17NO6S. The summed E-state index contributed by atoms with van der Waals surface area (Å²) in [6, 6.07) is 0. The standard InChI is InChI=1S/C10H17NO6S/c1-17-10(14)7-18(15,16)11-5-4-8(6-11)2-3-9(12)13/h8H,2-7H2,1H3,(H,12,13). The first-order valence-corrected chi connectivity index (χ1v) is 7.22. The number of methoxy groups -OCH3 is 1. The smallest absolute Gasteiger partial charge is 0.322 e. The number of sulfonamides is 1. The van der Waals surface area contributed by atoms with Crippen molar-refractivity contribution in [2.75, 3.05) is 26.0 Å². The van der Waals surface area contributed by atoms with Crippen molar-refractivity contribution in [3.05, 3.63) is 0 Å². The summed E-state index contributed by atoms with van der Waals surface area (Å²) in [4.78, 5) is 21.4. The number of ether oxygens (including phenoxy) is 1. The Morgan fingerprint density at radius 2 is 2.11 bits per heavy atom. The topological polar surface area (TPSA) is 101 Å². The van der Waals surface area contributed by atoms with Gasteiger partial charge in [0.15, 0.2) is 5.75 Å². The molecule has 0 bridgehead atoms. The lowest BCUT2D eigenvalue weighted by Crippen LogP contribution is -2.34. The Morgan fingerprint density at radius 3 is 2.67 bits per heavy atom. The van der Waals surface area contributed by atoms with Gasteiger partial charge in [-0.05, 0) is 18.8 Å². The second-order valence-electron chi connectivity index (χ2n) is 4.28. The molecule has 0 saturated carbocycles. The number of aliphatic carboxylic acids is 1. The molecule has 0 radical (unpaired) electrons. The van der Waals surface area contributed by atoms with Crippen LogP contribution < -0.4 is 0 Å². The van der Waals surface area contributed by atoms with E-state index in [1.807, 2.05) is 0 Å². The van der Waals surface area contributed by atoms with E-state index in [1.165, 1.54) is 4.31 Å². The van der Waals surface area contributed by atoms with Crippen molar-refractivity contribution >= 4 is 22.0 Å². The van der Waals surface area contributed by atoms with Crippen LogP contribution in [-0.2, 0) is 24.3 Å². The van der Waals surface area contributed by atoms with Crippen LogP contribution in [0.25, 0.3) is 0 Å². The Morgan fingerprint density at radius 1 is 1.44 bits per heavy atom. The van der Waals surface area contributed by atoms with E-state index in [4.69, 9.17) is 5.11 Å². The molecule has 0 spiro atoms. The largest absolute Gasteiger partial charge is 0.481 e. The van der Waals surface area contributed by atoms with Gasteiger partial charge in [0.1, 0.15) is 0 Å². The summed E-state index contributed by atoms with van der Waals surface area (Å²) in [6.07, 6.45) is 1.13. The fourth-order valence-electron chi connectivity index (χ4n) is 1.91. The predicted octanol–water partition coefficient (Wildman–Crippen LogP) is -0.324. The number of carboxylic acid groups (broad SMARTS) is 1. The fraction of sp³-hybridized carbons (Fsp3) is 0.800. The molecule has 1 N–H and O–H groups in total. The zero-order valence-corrected chi connectivity index (χ0v) is 11.0. The molecule has 1 aliphatic rings. The molecule has 1 fully saturated rings. The quantitative estimate of drug-likeness (QED) is 0.668. The zero-order valence-electron chi connectivity index (χ0n) is 10.2. The van der Waals surface area contributed by atoms with Gasteiger partial charge in [-0.15, -0.1) is 0 Å². The van der Waals surface area contributed by atoms with Crippen LogP contribution in [0.4, 0.5) is 0 Å². The van der Waals surface area contributed by atoms with Crippen LogP contribution in [0.15, 0.2) is 0 Å². The Balaban J connectivity index is 2.50. The summed E-state index contributed by atoms with van der Waals surface area (Å²) < 4.78 is 29.2. The summed E-state index contributed by atoms with van der Waals surface area (Å²) in [5, 5.41) is 8.56. The highest BCUT2D eigenvalue weighted by atomic mass is 32.2. The van der Waals surface area contributed by atoms with Crippen molar-refractivity contribution in [2.45, 2.75) is 19.3 Å². The molecule has 1 unspecified atom stereocenters. The lowest BCUT2D eigenvalue weighted by atomic mass is 10.0. The van der Waals surface area contributed by atoms with Gasteiger partial charge in [-0.1, -0.05) is 0 Å². The van der Waals surface area contributed by atoms with Crippen LogP contribution >= 0.6 is 0 Å². The van der Waals surface area contributed by atoms with Gasteiger partial charge >= 0.3 is 11.9 Å². The van der Waals surface area contributed by atoms with Gasteiger partial charge in [0.2, 0.25) is 10.0 Å². The number of carbonyl (C=O) groups excluding carboxylic acids is 1. The molecule has 1 aliphatic heterocycles. The molecular weight excluding hydrogens is 262 g/mol. The average Bonchev–Trinajstić information content (AvgIpc) is 2.75. The average molecular weight is 279 g/mol. The highest BCUT2D eigenvalue weighted by Gasteiger charge is 2.33. The van der Waals surface area contributed by atoms with Crippen molar-refractivity contribution in [3.63, 3.8) is 0 Å². The number of nitrogens with zero attached hydrogens (tertiary/aromatic N) is 1. The number of esters is 1. The van der Waals surface area contributed by atoms with E-state index in [0.29, 0.717) is 19.4 Å². The van der Waals surface area contributed by atoms with Gasteiger partial charge in [0.25, 0.3) is 0 Å². The number of hydrogen-bond donors (Lipinski definition) is 1. The van der Waals surface area contributed by atoms with Gasteiger partial charge in [-0.2, -0.15) is 0 Å². The van der Waals surface area contributed by atoms with E-state index in [1.54, 1.807) is 0 Å². The Hall–Kier alpha value is -1.15. The van der Waals surface area contributed by atoms with E-state index in [-0.39, 0.29) is 18.9 Å². The summed E-state index contributed by atoms with van der Waals surface area (Å²) in [7, 11) is -2.50. The second kappa shape index (κ2) is 6.14. The molecule has 0 aromatic rings. The first kappa shape index (κ1) is 14.9. The Bertz CT molecular complexity index is 418. The molecule has 0 aromatic carbocycles. The maximum atomic E-state index is 11.8. The summed E-state index contributed by atoms with van der Waals surface area (Å²) in [6.45, 7) is 0.621. The Labute approximate surface area is 106 Å². The third-order valence-corrected chi connectivity index (χ3v) is 4.66. The lowest BCUT2D eigenvalue weighted by Gasteiger charge is -2.15. The molecule has 0 aliphatic carbocycles. The van der Waals surface area contributed by atoms with Crippen molar-refractivity contribution < 1.29 is 27.9 Å². The molecule has 18 heavy (non-hydrogen) atoms. The second-order valence-corrected chi connectivity index (χ2v) is 6.25. The van der Waals surface area contributed by atoms with E-state index in [0.717, 1.165) is 7.11 Å². The van der Waals surface area contributed by atoms with E-state index in [2.05, 4.69) is 4.74 Å². The zero-order chi connectivity index (χ0) is 13.8. The van der Waals surface area contributed by atoms with E-state index in [9.17, 15) is 18.0 Å². The van der Waals surface area contributed by atoms with Crippen LogP contribution in [0.5, 0.6) is 0 Å². The molecule has 104 valence electrons. The van der Waals surface area contributed by atoms with E-state index >= 15 is 0 Å². The highest BCUT2D eigenvalue weighted by molar-refractivity contribution is 7.89. The maximum absolute atomic E-state index is 11.8. The molecule has 8 heteroatoms. The van der Waals surface area contributed by atoms with Gasteiger partial charge in [-0.25, -0.2) is 12.7 Å². The van der Waals surface area contributed by atoms with Crippen molar-refractivity contribution in [3.8, 4) is 0 Å². The fourth-order valence-corrected chi connectivity index (χ4v) is 3.33. The molecule has 0 amide bonds. The third kappa shape index (κ3) is 4.26. The first-order chi connectivity index (χ1) is 8.35. The third-order valence-electron chi connectivity index (χ3n) is 2.94. The minimum atomic E-state index is -3.63. The number of carbonyl (C=O) groups is 2. The molecule has 1 rings (SSSR count). The molecule has 1 heterocycles. The molecule has 0 aromatic heterocycles. The van der Waals surface area contributed by atoms with Gasteiger partial charge in [0, 0.05) is 19.5 Å². The minimum absolute atomic E-state index is 0.0373. The van der Waals surface area contributed by atoms with Crippen LogP contribution in [-0.4, -0.2) is 55.7 Å². The normalized spacial score (nSPS) is 20.8. The minimum Gasteiger partial charge on any atom is -0.481 e. The molecule has 1 atom stereocenters. The first-order valence-electron chi connectivity index (χ1n) is 5.61. The molecule has 1 saturated heterocycles. The predicted molar refractivity (Wildman–Crippen MR) is 62.4 cm³/mol.